The van der Waals surface area contributed by atoms with Crippen molar-refractivity contribution in [1.29, 1.82) is 0 Å². The zero-order valence-corrected chi connectivity index (χ0v) is 14.9. The van der Waals surface area contributed by atoms with E-state index in [9.17, 15) is 4.79 Å². The topological polar surface area (TPSA) is 61.4 Å². The molecule has 0 bridgehead atoms. The molecule has 2 aromatic rings. The number of anilines is 2. The van der Waals surface area contributed by atoms with Crippen LogP contribution in [0.3, 0.4) is 0 Å². The number of likely N-dealkylation sites (N-methyl/N-ethyl adjacent to an activating group) is 1. The Balaban J connectivity index is 1.60. The summed E-state index contributed by atoms with van der Waals surface area (Å²) in [6.45, 7) is 9.25. The van der Waals surface area contributed by atoms with Gasteiger partial charge in [0.2, 0.25) is 5.95 Å². The molecule has 1 amide bonds. The van der Waals surface area contributed by atoms with Crippen LogP contribution >= 0.6 is 0 Å². The van der Waals surface area contributed by atoms with Gasteiger partial charge in [0.1, 0.15) is 0 Å². The Bertz CT molecular complexity index is 691. The number of piperazine rings is 1. The number of aryl methyl sites for hydroxylation is 1. The molecule has 2 heterocycles. The number of rotatable bonds is 5. The lowest BCUT2D eigenvalue weighted by atomic mass is 10.1. The molecule has 1 saturated heterocycles. The summed E-state index contributed by atoms with van der Waals surface area (Å²) >= 11 is 0. The van der Waals surface area contributed by atoms with E-state index in [-0.39, 0.29) is 5.91 Å². The highest BCUT2D eigenvalue weighted by atomic mass is 16.1. The normalized spacial score (nSPS) is 15.2. The molecular weight excluding hydrogens is 314 g/mol. The third-order valence-corrected chi connectivity index (χ3v) is 4.62. The number of amides is 1. The Labute approximate surface area is 148 Å². The van der Waals surface area contributed by atoms with Gasteiger partial charge in [0.25, 0.3) is 5.91 Å². The van der Waals surface area contributed by atoms with Crippen LogP contribution in [0.5, 0.6) is 0 Å². The van der Waals surface area contributed by atoms with E-state index in [1.54, 1.807) is 12.4 Å². The first-order valence-corrected chi connectivity index (χ1v) is 8.89. The van der Waals surface area contributed by atoms with Crippen molar-refractivity contribution >= 4 is 17.5 Å². The fourth-order valence-electron chi connectivity index (χ4n) is 2.89. The molecule has 0 atom stereocenters. The lowest BCUT2D eigenvalue weighted by Crippen LogP contribution is -2.46. The van der Waals surface area contributed by atoms with Crippen molar-refractivity contribution in [3.63, 3.8) is 0 Å². The predicted octanol–water partition coefficient (Wildman–Crippen LogP) is 2.43. The molecule has 3 rings (SSSR count). The summed E-state index contributed by atoms with van der Waals surface area (Å²) in [7, 11) is 0. The van der Waals surface area contributed by atoms with Crippen molar-refractivity contribution in [3.05, 3.63) is 47.8 Å². The van der Waals surface area contributed by atoms with Gasteiger partial charge in [-0.05, 0) is 30.7 Å². The molecule has 6 nitrogen and oxygen atoms in total. The number of hydrogen-bond acceptors (Lipinski definition) is 5. The maximum Gasteiger partial charge on any atom is 0.258 e. The molecule has 0 saturated carbocycles. The van der Waals surface area contributed by atoms with Gasteiger partial charge in [-0.1, -0.05) is 26.0 Å². The van der Waals surface area contributed by atoms with E-state index in [4.69, 9.17) is 0 Å². The summed E-state index contributed by atoms with van der Waals surface area (Å²) in [6.07, 6.45) is 4.19. The van der Waals surface area contributed by atoms with Crippen LogP contribution in [0.2, 0.25) is 0 Å². The van der Waals surface area contributed by atoms with Crippen LogP contribution in [0.1, 0.15) is 29.8 Å². The molecule has 1 aliphatic rings. The van der Waals surface area contributed by atoms with Crippen molar-refractivity contribution in [3.8, 4) is 0 Å². The fourth-order valence-corrected chi connectivity index (χ4v) is 2.89. The first kappa shape index (κ1) is 17.4. The molecule has 0 spiro atoms. The number of carbonyl (C=O) groups excluding carboxylic acids is 1. The number of aromatic nitrogens is 2. The summed E-state index contributed by atoms with van der Waals surface area (Å²) in [6, 6.07) is 7.87. The molecule has 0 aliphatic carbocycles. The Hall–Kier alpha value is -2.47. The van der Waals surface area contributed by atoms with Crippen molar-refractivity contribution < 1.29 is 4.79 Å². The number of carbonyl (C=O) groups is 1. The van der Waals surface area contributed by atoms with Crippen LogP contribution in [0, 0.1) is 0 Å². The van der Waals surface area contributed by atoms with Gasteiger partial charge in [0.05, 0.1) is 5.56 Å². The predicted molar refractivity (Wildman–Crippen MR) is 100 cm³/mol. The number of hydrogen-bond donors (Lipinski definition) is 1. The smallest absolute Gasteiger partial charge is 0.258 e. The molecule has 1 aromatic carbocycles. The Morgan fingerprint density at radius 1 is 1.04 bits per heavy atom. The Morgan fingerprint density at radius 3 is 2.24 bits per heavy atom. The molecule has 1 aliphatic heterocycles. The second-order valence-electron chi connectivity index (χ2n) is 6.20. The summed E-state index contributed by atoms with van der Waals surface area (Å²) in [5.74, 6) is 0.506. The SMILES string of the molecule is CCc1ccc(NC(=O)c2cnc(N3CCN(CC)CC3)nc2)cc1. The molecule has 1 fully saturated rings. The van der Waals surface area contributed by atoms with Crippen LogP contribution in [0.4, 0.5) is 11.6 Å². The van der Waals surface area contributed by atoms with E-state index >= 15 is 0 Å². The summed E-state index contributed by atoms with van der Waals surface area (Å²) in [5, 5.41) is 2.88. The van der Waals surface area contributed by atoms with Crippen molar-refractivity contribution in [2.24, 2.45) is 0 Å². The van der Waals surface area contributed by atoms with Crippen LogP contribution in [-0.4, -0.2) is 53.5 Å². The highest BCUT2D eigenvalue weighted by molar-refractivity contribution is 6.03. The second-order valence-corrected chi connectivity index (χ2v) is 6.20. The summed E-state index contributed by atoms with van der Waals surface area (Å²) in [4.78, 5) is 25.7. The van der Waals surface area contributed by atoms with E-state index in [1.807, 2.05) is 24.3 Å². The minimum Gasteiger partial charge on any atom is -0.338 e. The highest BCUT2D eigenvalue weighted by Gasteiger charge is 2.18. The molecule has 0 unspecified atom stereocenters. The lowest BCUT2D eigenvalue weighted by Gasteiger charge is -2.33. The quantitative estimate of drug-likeness (QED) is 0.906. The molecule has 1 N–H and O–H groups in total. The van der Waals surface area contributed by atoms with Gasteiger partial charge in [0, 0.05) is 44.3 Å². The fraction of sp³-hybridized carbons (Fsp3) is 0.421. The molecule has 0 radical (unpaired) electrons. The van der Waals surface area contributed by atoms with Crippen LogP contribution in [0.15, 0.2) is 36.7 Å². The number of nitrogens with one attached hydrogen (secondary N) is 1. The maximum atomic E-state index is 12.3. The Kier molecular flexibility index (Phi) is 5.60. The van der Waals surface area contributed by atoms with E-state index in [2.05, 4.69) is 38.9 Å². The van der Waals surface area contributed by atoms with E-state index < -0.39 is 0 Å². The van der Waals surface area contributed by atoms with Crippen molar-refractivity contribution in [1.82, 2.24) is 14.9 Å². The third-order valence-electron chi connectivity index (χ3n) is 4.62. The van der Waals surface area contributed by atoms with Crippen LogP contribution in [0.25, 0.3) is 0 Å². The van der Waals surface area contributed by atoms with Gasteiger partial charge in [0.15, 0.2) is 0 Å². The van der Waals surface area contributed by atoms with Gasteiger partial charge < -0.3 is 15.1 Å². The summed E-state index contributed by atoms with van der Waals surface area (Å²) in [5.41, 5.74) is 2.49. The molecule has 1 aromatic heterocycles. The zero-order valence-electron chi connectivity index (χ0n) is 14.9. The van der Waals surface area contributed by atoms with Gasteiger partial charge >= 0.3 is 0 Å². The average molecular weight is 339 g/mol. The Morgan fingerprint density at radius 2 is 1.68 bits per heavy atom. The minimum absolute atomic E-state index is 0.188. The van der Waals surface area contributed by atoms with E-state index in [1.165, 1.54) is 5.56 Å². The monoisotopic (exact) mass is 339 g/mol. The standard InChI is InChI=1S/C19H25N5O/c1-3-15-5-7-17(8-6-15)22-18(25)16-13-20-19(21-14-16)24-11-9-23(4-2)10-12-24/h5-8,13-14H,3-4,9-12H2,1-2H3,(H,22,25). The van der Waals surface area contributed by atoms with Crippen LogP contribution in [-0.2, 0) is 6.42 Å². The first-order chi connectivity index (χ1) is 12.2. The van der Waals surface area contributed by atoms with Gasteiger partial charge in [-0.2, -0.15) is 0 Å². The van der Waals surface area contributed by atoms with Gasteiger partial charge in [-0.25, -0.2) is 9.97 Å². The molecular formula is C19H25N5O. The molecule has 25 heavy (non-hydrogen) atoms. The van der Waals surface area contributed by atoms with Gasteiger partial charge in [-0.3, -0.25) is 4.79 Å². The number of benzene rings is 1. The van der Waals surface area contributed by atoms with Crippen LogP contribution < -0.4 is 10.2 Å². The second kappa shape index (κ2) is 8.07. The van der Waals surface area contributed by atoms with Gasteiger partial charge in [-0.15, -0.1) is 0 Å². The largest absolute Gasteiger partial charge is 0.338 e. The van der Waals surface area contributed by atoms with E-state index in [0.717, 1.165) is 44.8 Å². The number of nitrogens with zero attached hydrogens (tertiary/aromatic N) is 4. The maximum absolute atomic E-state index is 12.3. The lowest BCUT2D eigenvalue weighted by molar-refractivity contribution is 0.102. The van der Waals surface area contributed by atoms with Crippen molar-refractivity contribution in [2.45, 2.75) is 20.3 Å². The molecule has 132 valence electrons. The first-order valence-electron chi connectivity index (χ1n) is 8.89. The van der Waals surface area contributed by atoms with Crippen molar-refractivity contribution in [2.75, 3.05) is 42.9 Å². The van der Waals surface area contributed by atoms with E-state index in [0.29, 0.717) is 11.5 Å². The zero-order chi connectivity index (χ0) is 17.6. The average Bonchev–Trinajstić information content (AvgIpc) is 2.69. The highest BCUT2D eigenvalue weighted by Crippen LogP contribution is 2.13. The summed E-state index contributed by atoms with van der Waals surface area (Å²) < 4.78 is 0. The molecule has 6 heteroatoms. The third kappa shape index (κ3) is 4.33. The minimum atomic E-state index is -0.188.